The molecule has 0 spiro atoms. The third-order valence-corrected chi connectivity index (χ3v) is 12.4. The Labute approximate surface area is 438 Å². The fourth-order valence-corrected chi connectivity index (χ4v) is 8.02. The quantitative estimate of drug-likeness (QED) is 0.0199. The number of esters is 3. The van der Waals surface area contributed by atoms with E-state index in [4.69, 9.17) is 14.2 Å². The van der Waals surface area contributed by atoms with Crippen molar-refractivity contribution in [3.8, 4) is 0 Å². The summed E-state index contributed by atoms with van der Waals surface area (Å²) in [6.07, 6.45) is 79.4. The number of hydrogen-bond donors (Lipinski definition) is 0. The van der Waals surface area contributed by atoms with Crippen LogP contribution >= 0.6 is 0 Å². The van der Waals surface area contributed by atoms with E-state index in [2.05, 4.69) is 69.4 Å². The zero-order valence-electron chi connectivity index (χ0n) is 46.2. The highest BCUT2D eigenvalue weighted by atomic mass is 16.6. The van der Waals surface area contributed by atoms with Gasteiger partial charge in [0.05, 0.1) is 0 Å². The van der Waals surface area contributed by atoms with Gasteiger partial charge in [-0.05, 0) is 70.6 Å². The first kappa shape index (κ1) is 67.1. The van der Waals surface area contributed by atoms with Gasteiger partial charge in [0.2, 0.25) is 0 Å². The third kappa shape index (κ3) is 56.9. The van der Waals surface area contributed by atoms with E-state index in [0.717, 1.165) is 64.2 Å². The first-order valence-corrected chi connectivity index (χ1v) is 29.5. The number of hydrogen-bond acceptors (Lipinski definition) is 6. The fourth-order valence-electron chi connectivity index (χ4n) is 8.02. The Balaban J connectivity index is 4.52. The second kappa shape index (κ2) is 58.6. The highest BCUT2D eigenvalue weighted by Crippen LogP contribution is 2.16. The summed E-state index contributed by atoms with van der Waals surface area (Å²) in [5.74, 6) is -1.01. The first-order valence-electron chi connectivity index (χ1n) is 29.5. The molecule has 0 saturated heterocycles. The van der Waals surface area contributed by atoms with E-state index in [0.29, 0.717) is 19.3 Å². The van der Waals surface area contributed by atoms with Crippen LogP contribution < -0.4 is 0 Å². The number of carbonyl (C=O) groups is 3. The van der Waals surface area contributed by atoms with Gasteiger partial charge in [0.15, 0.2) is 6.10 Å². The molecule has 6 nitrogen and oxygen atoms in total. The lowest BCUT2D eigenvalue weighted by Gasteiger charge is -2.18. The summed E-state index contributed by atoms with van der Waals surface area (Å²) < 4.78 is 16.8. The van der Waals surface area contributed by atoms with Gasteiger partial charge in [-0.25, -0.2) is 0 Å². The molecule has 0 radical (unpaired) electrons. The molecule has 0 aromatic carbocycles. The lowest BCUT2D eigenvalue weighted by Crippen LogP contribution is -2.30. The summed E-state index contributed by atoms with van der Waals surface area (Å²) in [5, 5.41) is 0. The van der Waals surface area contributed by atoms with Crippen molar-refractivity contribution in [3.05, 3.63) is 109 Å². The van der Waals surface area contributed by atoms with Crippen LogP contribution in [-0.4, -0.2) is 37.2 Å². The summed E-state index contributed by atoms with van der Waals surface area (Å²) in [6, 6.07) is 0. The molecule has 0 heterocycles. The molecule has 0 aliphatic carbocycles. The highest BCUT2D eigenvalue weighted by Gasteiger charge is 2.19. The number of rotatable bonds is 52. The molecule has 0 aromatic rings. The molecule has 0 aromatic heterocycles. The molecular formula is C65H108O6. The summed E-state index contributed by atoms with van der Waals surface area (Å²) >= 11 is 0. The summed E-state index contributed by atoms with van der Waals surface area (Å²) in [5.41, 5.74) is 0. The minimum absolute atomic E-state index is 0.111. The van der Waals surface area contributed by atoms with E-state index in [1.54, 1.807) is 0 Å². The number of unbranched alkanes of at least 4 members (excludes halogenated alkanes) is 28. The molecule has 6 heteroatoms. The molecule has 0 rings (SSSR count). The Bertz CT molecular complexity index is 1460. The van der Waals surface area contributed by atoms with Crippen molar-refractivity contribution in [2.24, 2.45) is 0 Å². The molecule has 1 atom stereocenters. The summed E-state index contributed by atoms with van der Waals surface area (Å²) in [4.78, 5) is 38.2. The standard InChI is InChI=1S/C65H108O6/c1-4-7-10-13-16-19-22-25-28-31-32-35-37-40-43-46-49-52-55-58-64(67)70-61-62(71-65(68)59-56-53-50-47-44-41-38-34-30-27-24-21-18-15-12-9-6-3)60-69-63(66)57-54-51-48-45-42-39-36-33-29-26-23-20-17-14-11-8-5-2/h9,12,15,18,21,24,26-27,29-30,34,36,38-39,41,44-45,48,62H,4-8,10-11,13-14,16-17,19-20,22-23,25,28,31-33,35,37,40,42-43,46-47,49-61H2,1-3H3/b12-9-,18-15-,24-21-,29-26-,30-27-,38-34+,39-36-,44-41-,48-45-. The van der Waals surface area contributed by atoms with Crippen molar-refractivity contribution in [1.29, 1.82) is 0 Å². The summed E-state index contributed by atoms with van der Waals surface area (Å²) in [6.45, 7) is 6.42. The SMILES string of the molecule is CC\C=C/C=C\C=C/C=C\C=C\C=C/CCCCCC(=O)OC(COC(=O)CCC/C=C\C/C=C\C/C=C\CCCCCCCC)COC(=O)CCCCCCCCCCCCCCCCCCCCC. The Kier molecular flexibility index (Phi) is 55.4. The Morgan fingerprint density at radius 1 is 0.310 bits per heavy atom. The van der Waals surface area contributed by atoms with Gasteiger partial charge in [-0.2, -0.15) is 0 Å². The van der Waals surface area contributed by atoms with Crippen LogP contribution in [-0.2, 0) is 28.6 Å². The van der Waals surface area contributed by atoms with Gasteiger partial charge >= 0.3 is 17.9 Å². The van der Waals surface area contributed by atoms with Gasteiger partial charge in [0.25, 0.3) is 0 Å². The molecule has 71 heavy (non-hydrogen) atoms. The molecule has 0 bridgehead atoms. The molecule has 0 aliphatic heterocycles. The van der Waals surface area contributed by atoms with Gasteiger partial charge in [0, 0.05) is 19.3 Å². The van der Waals surface area contributed by atoms with Crippen molar-refractivity contribution in [2.75, 3.05) is 13.2 Å². The minimum atomic E-state index is -0.823. The lowest BCUT2D eigenvalue weighted by atomic mass is 10.0. The van der Waals surface area contributed by atoms with E-state index in [-0.39, 0.29) is 44.0 Å². The number of ether oxygens (including phenoxy) is 3. The topological polar surface area (TPSA) is 78.9 Å². The molecule has 0 amide bonds. The molecule has 0 fully saturated rings. The van der Waals surface area contributed by atoms with Crippen LogP contribution in [0.1, 0.15) is 265 Å². The molecule has 404 valence electrons. The number of allylic oxidation sites excluding steroid dienone is 18. The van der Waals surface area contributed by atoms with E-state index < -0.39 is 6.10 Å². The monoisotopic (exact) mass is 985 g/mol. The Hall–Kier alpha value is -3.93. The predicted octanol–water partition coefficient (Wildman–Crippen LogP) is 19.9. The van der Waals surface area contributed by atoms with Crippen molar-refractivity contribution in [2.45, 2.75) is 271 Å². The van der Waals surface area contributed by atoms with Gasteiger partial charge in [0.1, 0.15) is 13.2 Å². The largest absolute Gasteiger partial charge is 0.462 e. The van der Waals surface area contributed by atoms with Crippen molar-refractivity contribution in [1.82, 2.24) is 0 Å². The Morgan fingerprint density at radius 2 is 0.620 bits per heavy atom. The van der Waals surface area contributed by atoms with Crippen LogP contribution in [0.15, 0.2) is 109 Å². The van der Waals surface area contributed by atoms with Crippen molar-refractivity contribution < 1.29 is 28.6 Å². The van der Waals surface area contributed by atoms with Gasteiger partial charge < -0.3 is 14.2 Å². The van der Waals surface area contributed by atoms with E-state index >= 15 is 0 Å². The molecule has 0 aliphatic rings. The molecular weight excluding hydrogens is 877 g/mol. The fraction of sp³-hybridized carbons (Fsp3) is 0.677. The second-order valence-corrected chi connectivity index (χ2v) is 19.3. The third-order valence-electron chi connectivity index (χ3n) is 12.4. The zero-order chi connectivity index (χ0) is 51.4. The minimum Gasteiger partial charge on any atom is -0.462 e. The zero-order valence-corrected chi connectivity index (χ0v) is 46.2. The average Bonchev–Trinajstić information content (AvgIpc) is 3.37. The van der Waals surface area contributed by atoms with Crippen LogP contribution in [0.5, 0.6) is 0 Å². The maximum Gasteiger partial charge on any atom is 0.306 e. The summed E-state index contributed by atoms with van der Waals surface area (Å²) in [7, 11) is 0. The normalized spacial score (nSPS) is 12.9. The van der Waals surface area contributed by atoms with Crippen LogP contribution in [0.3, 0.4) is 0 Å². The first-order chi connectivity index (χ1) is 35.0. The van der Waals surface area contributed by atoms with Crippen LogP contribution in [0.4, 0.5) is 0 Å². The van der Waals surface area contributed by atoms with E-state index in [1.807, 2.05) is 60.8 Å². The molecule has 0 saturated carbocycles. The smallest absolute Gasteiger partial charge is 0.306 e. The predicted molar refractivity (Wildman–Crippen MR) is 307 cm³/mol. The van der Waals surface area contributed by atoms with Gasteiger partial charge in [-0.3, -0.25) is 14.4 Å². The molecule has 0 N–H and O–H groups in total. The lowest BCUT2D eigenvalue weighted by molar-refractivity contribution is -0.167. The maximum atomic E-state index is 12.8. The average molecular weight is 986 g/mol. The van der Waals surface area contributed by atoms with E-state index in [1.165, 1.54) is 148 Å². The van der Waals surface area contributed by atoms with Crippen molar-refractivity contribution in [3.63, 3.8) is 0 Å². The maximum absolute atomic E-state index is 12.8. The van der Waals surface area contributed by atoms with Gasteiger partial charge in [-0.1, -0.05) is 284 Å². The van der Waals surface area contributed by atoms with Crippen LogP contribution in [0, 0.1) is 0 Å². The number of carbonyl (C=O) groups excluding carboxylic acids is 3. The molecule has 1 unspecified atom stereocenters. The van der Waals surface area contributed by atoms with Gasteiger partial charge in [-0.15, -0.1) is 0 Å². The van der Waals surface area contributed by atoms with Crippen LogP contribution in [0.25, 0.3) is 0 Å². The van der Waals surface area contributed by atoms with Crippen molar-refractivity contribution >= 4 is 17.9 Å². The van der Waals surface area contributed by atoms with E-state index in [9.17, 15) is 14.4 Å². The highest BCUT2D eigenvalue weighted by molar-refractivity contribution is 5.71. The second-order valence-electron chi connectivity index (χ2n) is 19.3. The Morgan fingerprint density at radius 3 is 1.06 bits per heavy atom. The van der Waals surface area contributed by atoms with Crippen LogP contribution in [0.2, 0.25) is 0 Å².